The lowest BCUT2D eigenvalue weighted by atomic mass is 10.0. The largest absolute Gasteiger partial charge is 0.488 e. The number of aromatic amines is 1. The van der Waals surface area contributed by atoms with Gasteiger partial charge in [0, 0.05) is 23.4 Å². The van der Waals surface area contributed by atoms with Crippen molar-refractivity contribution in [2.75, 3.05) is 7.11 Å². The Balaban J connectivity index is 1.84. The van der Waals surface area contributed by atoms with Crippen molar-refractivity contribution in [2.24, 2.45) is 0 Å². The molecule has 4 rings (SSSR count). The number of halogens is 1. The minimum Gasteiger partial charge on any atom is -0.488 e. The van der Waals surface area contributed by atoms with E-state index in [0.29, 0.717) is 11.3 Å². The van der Waals surface area contributed by atoms with Gasteiger partial charge >= 0.3 is 5.97 Å². The van der Waals surface area contributed by atoms with Crippen molar-refractivity contribution in [1.29, 1.82) is 0 Å². The van der Waals surface area contributed by atoms with E-state index in [4.69, 9.17) is 14.2 Å². The highest BCUT2D eigenvalue weighted by Gasteiger charge is 2.22. The number of fused-ring (bicyclic) bond motifs is 3. The maximum atomic E-state index is 13.5. The van der Waals surface area contributed by atoms with Gasteiger partial charge in [0.05, 0.1) is 29.9 Å². The molecule has 160 valence electrons. The molecule has 7 heteroatoms. The first-order valence-corrected chi connectivity index (χ1v) is 9.97. The Kier molecular flexibility index (Phi) is 5.86. The summed E-state index contributed by atoms with van der Waals surface area (Å²) in [5, 5.41) is 1.60. The van der Waals surface area contributed by atoms with Gasteiger partial charge in [-0.1, -0.05) is 18.2 Å². The summed E-state index contributed by atoms with van der Waals surface area (Å²) in [6, 6.07) is 11.9. The van der Waals surface area contributed by atoms with Crippen LogP contribution in [0.2, 0.25) is 0 Å². The van der Waals surface area contributed by atoms with Crippen LogP contribution in [0.1, 0.15) is 35.5 Å². The fourth-order valence-electron chi connectivity index (χ4n) is 3.61. The topological polar surface area (TPSA) is 73.4 Å². The van der Waals surface area contributed by atoms with Gasteiger partial charge in [0.15, 0.2) is 5.69 Å². The molecule has 0 atom stereocenters. The molecule has 0 bridgehead atoms. The summed E-state index contributed by atoms with van der Waals surface area (Å²) in [5.41, 5.74) is 3.14. The molecule has 6 nitrogen and oxygen atoms in total. The molecule has 0 aliphatic heterocycles. The lowest BCUT2D eigenvalue weighted by molar-refractivity contribution is 0.0366. The van der Waals surface area contributed by atoms with Crippen LogP contribution in [0.15, 0.2) is 48.7 Å². The van der Waals surface area contributed by atoms with Gasteiger partial charge in [-0.05, 0) is 43.7 Å². The van der Waals surface area contributed by atoms with Crippen LogP contribution in [0.25, 0.3) is 21.8 Å². The molecule has 0 radical (unpaired) electrons. The van der Waals surface area contributed by atoms with E-state index in [0.717, 1.165) is 27.4 Å². The molecular weight excluding hydrogens is 399 g/mol. The van der Waals surface area contributed by atoms with E-state index in [2.05, 4.69) is 9.97 Å². The van der Waals surface area contributed by atoms with Crippen molar-refractivity contribution in [3.63, 3.8) is 0 Å². The van der Waals surface area contributed by atoms with Crippen LogP contribution in [0.3, 0.4) is 0 Å². The third-order valence-corrected chi connectivity index (χ3v) is 4.83. The minimum absolute atomic E-state index is 0.179. The number of aromatic nitrogens is 2. The van der Waals surface area contributed by atoms with Crippen LogP contribution in [-0.2, 0) is 22.7 Å². The smallest absolute Gasteiger partial charge is 0.357 e. The van der Waals surface area contributed by atoms with E-state index in [1.54, 1.807) is 39.3 Å². The van der Waals surface area contributed by atoms with Gasteiger partial charge in [-0.15, -0.1) is 0 Å². The zero-order valence-corrected chi connectivity index (χ0v) is 17.6. The third-order valence-electron chi connectivity index (χ3n) is 4.83. The predicted molar refractivity (Wildman–Crippen MR) is 116 cm³/mol. The second kappa shape index (κ2) is 8.73. The second-order valence-electron chi connectivity index (χ2n) is 7.48. The normalized spacial score (nSPS) is 11.4. The summed E-state index contributed by atoms with van der Waals surface area (Å²) in [6.45, 7) is 3.96. The van der Waals surface area contributed by atoms with Gasteiger partial charge < -0.3 is 19.2 Å². The van der Waals surface area contributed by atoms with Crippen LogP contribution in [0.5, 0.6) is 5.75 Å². The fourth-order valence-corrected chi connectivity index (χ4v) is 3.61. The average Bonchev–Trinajstić information content (AvgIpc) is 3.11. The minimum atomic E-state index is -0.503. The number of methoxy groups -OCH3 is 1. The number of esters is 1. The van der Waals surface area contributed by atoms with Gasteiger partial charge in [-0.2, -0.15) is 0 Å². The second-order valence-corrected chi connectivity index (χ2v) is 7.48. The van der Waals surface area contributed by atoms with E-state index in [1.165, 1.54) is 12.1 Å². The molecule has 0 saturated heterocycles. The van der Waals surface area contributed by atoms with Gasteiger partial charge in [-0.25, -0.2) is 14.2 Å². The number of carbonyl (C=O) groups is 1. The van der Waals surface area contributed by atoms with E-state index in [-0.39, 0.29) is 30.8 Å². The number of ether oxygens (including phenoxy) is 3. The zero-order chi connectivity index (χ0) is 22.0. The number of H-pyrrole nitrogens is 1. The van der Waals surface area contributed by atoms with Gasteiger partial charge in [0.25, 0.3) is 0 Å². The number of rotatable bonds is 7. The monoisotopic (exact) mass is 422 g/mol. The molecule has 0 amide bonds. The molecule has 0 fully saturated rings. The SMILES string of the molecule is COCc1c(C(=O)OC(C)C)ncc2[nH]c3cccc(OCc4cccc(F)c4)c3c12. The van der Waals surface area contributed by atoms with Crippen molar-refractivity contribution in [3.8, 4) is 5.75 Å². The van der Waals surface area contributed by atoms with Crippen molar-refractivity contribution >= 4 is 27.8 Å². The maximum Gasteiger partial charge on any atom is 0.357 e. The molecule has 0 saturated carbocycles. The van der Waals surface area contributed by atoms with Crippen LogP contribution in [-0.4, -0.2) is 29.2 Å². The molecule has 4 aromatic rings. The number of nitrogens with one attached hydrogen (secondary N) is 1. The molecule has 31 heavy (non-hydrogen) atoms. The Morgan fingerprint density at radius 2 is 1.90 bits per heavy atom. The van der Waals surface area contributed by atoms with Crippen LogP contribution in [0.4, 0.5) is 4.39 Å². The quantitative estimate of drug-likeness (QED) is 0.417. The summed E-state index contributed by atoms with van der Waals surface area (Å²) in [6.07, 6.45) is 1.34. The van der Waals surface area contributed by atoms with Gasteiger partial charge in [-0.3, -0.25) is 0 Å². The van der Waals surface area contributed by atoms with E-state index in [9.17, 15) is 9.18 Å². The number of hydrogen-bond donors (Lipinski definition) is 1. The molecule has 2 aromatic heterocycles. The number of pyridine rings is 1. The van der Waals surface area contributed by atoms with Crippen LogP contribution in [0, 0.1) is 5.82 Å². The first kappa shape index (κ1) is 20.8. The Morgan fingerprint density at radius 1 is 1.10 bits per heavy atom. The van der Waals surface area contributed by atoms with E-state index >= 15 is 0 Å². The molecule has 0 spiro atoms. The summed E-state index contributed by atoms with van der Waals surface area (Å²) >= 11 is 0. The van der Waals surface area contributed by atoms with Crippen LogP contribution >= 0.6 is 0 Å². The van der Waals surface area contributed by atoms with Crippen molar-refractivity contribution in [2.45, 2.75) is 33.2 Å². The molecule has 2 aromatic carbocycles. The lowest BCUT2D eigenvalue weighted by Crippen LogP contribution is -2.15. The Morgan fingerprint density at radius 3 is 2.65 bits per heavy atom. The molecule has 0 aliphatic rings. The highest BCUT2D eigenvalue weighted by atomic mass is 19.1. The molecule has 0 unspecified atom stereocenters. The summed E-state index contributed by atoms with van der Waals surface area (Å²) in [5.74, 6) is -0.204. The number of benzene rings is 2. The van der Waals surface area contributed by atoms with Crippen molar-refractivity contribution in [1.82, 2.24) is 9.97 Å². The molecule has 1 N–H and O–H groups in total. The zero-order valence-electron chi connectivity index (χ0n) is 17.6. The molecule has 0 aliphatic carbocycles. The Labute approximate surface area is 179 Å². The number of hydrogen-bond acceptors (Lipinski definition) is 5. The number of carbonyl (C=O) groups excluding carboxylic acids is 1. The first-order chi connectivity index (χ1) is 15.0. The standard InChI is InChI=1S/C24H23FN2O4/c1-14(2)31-24(28)23-17(13-29-3)21-19(11-26-23)27-18-8-5-9-20(22(18)21)30-12-15-6-4-7-16(25)10-15/h4-11,14,27H,12-13H2,1-3H3. The lowest BCUT2D eigenvalue weighted by Gasteiger charge is -2.13. The van der Waals surface area contributed by atoms with Gasteiger partial charge in [0.1, 0.15) is 18.2 Å². The van der Waals surface area contributed by atoms with Crippen LogP contribution < -0.4 is 4.74 Å². The van der Waals surface area contributed by atoms with Crippen molar-refractivity contribution in [3.05, 3.63) is 71.3 Å². The number of nitrogens with zero attached hydrogens (tertiary/aromatic N) is 1. The summed E-state index contributed by atoms with van der Waals surface area (Å²) in [7, 11) is 1.56. The predicted octanol–water partition coefficient (Wildman–Crippen LogP) is 5.15. The van der Waals surface area contributed by atoms with Gasteiger partial charge in [0.2, 0.25) is 0 Å². The fraction of sp³-hybridized carbons (Fsp3) is 0.250. The Bertz CT molecular complexity index is 1250. The highest BCUT2D eigenvalue weighted by molar-refractivity contribution is 6.13. The molecular formula is C24H23FN2O4. The average molecular weight is 422 g/mol. The van der Waals surface area contributed by atoms with Crippen molar-refractivity contribution < 1.29 is 23.4 Å². The third kappa shape index (κ3) is 4.22. The van der Waals surface area contributed by atoms with E-state index < -0.39 is 5.97 Å². The Hall–Kier alpha value is -3.45. The summed E-state index contributed by atoms with van der Waals surface area (Å²) < 4.78 is 30.4. The first-order valence-electron chi connectivity index (χ1n) is 9.97. The highest BCUT2D eigenvalue weighted by Crippen LogP contribution is 2.36. The summed E-state index contributed by atoms with van der Waals surface area (Å²) in [4.78, 5) is 20.3. The van der Waals surface area contributed by atoms with E-state index in [1.807, 2.05) is 18.2 Å². The molecule has 2 heterocycles. The maximum absolute atomic E-state index is 13.5.